The number of nitrogens with one attached hydrogen (secondary N) is 1. The van der Waals surface area contributed by atoms with Crippen molar-refractivity contribution < 1.29 is 4.21 Å². The molecule has 3 heteroatoms. The standard InChI is InChI=1S/C14H23NOS/c1-3-8-14(15-4-2)12-17(16)11-13-9-6-5-7-10-13/h5-7,9-10,14-15H,3-4,8,11-12H2,1-2H3. The van der Waals surface area contributed by atoms with E-state index in [-0.39, 0.29) is 0 Å². The zero-order valence-electron chi connectivity index (χ0n) is 10.8. The first-order chi connectivity index (χ1) is 8.26. The van der Waals surface area contributed by atoms with Crippen LogP contribution in [0, 0.1) is 0 Å². The summed E-state index contributed by atoms with van der Waals surface area (Å²) in [5, 5.41) is 3.41. The maximum atomic E-state index is 12.0. The van der Waals surface area contributed by atoms with Crippen LogP contribution in [0.1, 0.15) is 32.3 Å². The number of rotatable bonds is 8. The molecule has 2 unspecified atom stereocenters. The highest BCUT2D eigenvalue weighted by Gasteiger charge is 2.11. The van der Waals surface area contributed by atoms with Crippen LogP contribution < -0.4 is 5.32 Å². The van der Waals surface area contributed by atoms with E-state index in [9.17, 15) is 4.21 Å². The van der Waals surface area contributed by atoms with Crippen LogP contribution in [0.15, 0.2) is 30.3 Å². The van der Waals surface area contributed by atoms with Crippen molar-refractivity contribution in [2.45, 2.75) is 38.5 Å². The molecule has 0 aliphatic carbocycles. The third-order valence-electron chi connectivity index (χ3n) is 2.69. The van der Waals surface area contributed by atoms with Crippen molar-refractivity contribution in [2.75, 3.05) is 12.3 Å². The lowest BCUT2D eigenvalue weighted by Gasteiger charge is -2.16. The average Bonchev–Trinajstić information content (AvgIpc) is 2.30. The lowest BCUT2D eigenvalue weighted by molar-refractivity contribution is 0.525. The molecular weight excluding hydrogens is 230 g/mol. The van der Waals surface area contributed by atoms with Gasteiger partial charge in [-0.05, 0) is 18.5 Å². The van der Waals surface area contributed by atoms with Gasteiger partial charge in [0.15, 0.2) is 0 Å². The van der Waals surface area contributed by atoms with Crippen molar-refractivity contribution in [1.29, 1.82) is 0 Å². The van der Waals surface area contributed by atoms with Crippen molar-refractivity contribution in [3.63, 3.8) is 0 Å². The van der Waals surface area contributed by atoms with E-state index in [1.165, 1.54) is 0 Å². The highest BCUT2D eigenvalue weighted by atomic mass is 32.2. The highest BCUT2D eigenvalue weighted by molar-refractivity contribution is 7.84. The minimum absolute atomic E-state index is 0.398. The van der Waals surface area contributed by atoms with Crippen molar-refractivity contribution in [1.82, 2.24) is 5.32 Å². The summed E-state index contributed by atoms with van der Waals surface area (Å²) in [6, 6.07) is 10.5. The Hall–Kier alpha value is -0.670. The van der Waals surface area contributed by atoms with Crippen LogP contribution >= 0.6 is 0 Å². The van der Waals surface area contributed by atoms with Gasteiger partial charge in [-0.25, -0.2) is 0 Å². The predicted molar refractivity (Wildman–Crippen MR) is 75.5 cm³/mol. The highest BCUT2D eigenvalue weighted by Crippen LogP contribution is 2.06. The SMILES string of the molecule is CCCC(CS(=O)Cc1ccccc1)NCC. The van der Waals surface area contributed by atoms with Crippen molar-refractivity contribution in [3.05, 3.63) is 35.9 Å². The summed E-state index contributed by atoms with van der Waals surface area (Å²) in [5.41, 5.74) is 1.16. The molecule has 1 N–H and O–H groups in total. The van der Waals surface area contributed by atoms with Crippen LogP contribution in [0.25, 0.3) is 0 Å². The largest absolute Gasteiger partial charge is 0.313 e. The second-order valence-electron chi connectivity index (χ2n) is 4.28. The van der Waals surface area contributed by atoms with Crippen LogP contribution in [0.4, 0.5) is 0 Å². The van der Waals surface area contributed by atoms with Crippen molar-refractivity contribution in [2.24, 2.45) is 0 Å². The molecule has 96 valence electrons. The Morgan fingerprint density at radius 3 is 2.53 bits per heavy atom. The van der Waals surface area contributed by atoms with E-state index < -0.39 is 10.8 Å². The van der Waals surface area contributed by atoms with E-state index in [0.29, 0.717) is 11.8 Å². The Labute approximate surface area is 107 Å². The van der Waals surface area contributed by atoms with Crippen LogP contribution in [0.3, 0.4) is 0 Å². The summed E-state index contributed by atoms with van der Waals surface area (Å²) in [4.78, 5) is 0. The molecule has 0 saturated carbocycles. The first kappa shape index (κ1) is 14.4. The molecule has 0 amide bonds. The fourth-order valence-electron chi connectivity index (χ4n) is 1.92. The van der Waals surface area contributed by atoms with E-state index in [4.69, 9.17) is 0 Å². The molecule has 0 fully saturated rings. The minimum atomic E-state index is -0.767. The topological polar surface area (TPSA) is 29.1 Å². The molecule has 0 saturated heterocycles. The average molecular weight is 253 g/mol. The summed E-state index contributed by atoms with van der Waals surface area (Å²) in [7, 11) is -0.767. The van der Waals surface area contributed by atoms with Gasteiger partial charge < -0.3 is 5.32 Å². The fourth-order valence-corrected chi connectivity index (χ4v) is 3.34. The first-order valence-corrected chi connectivity index (χ1v) is 7.87. The molecule has 0 spiro atoms. The van der Waals surface area contributed by atoms with E-state index >= 15 is 0 Å². The molecule has 2 nitrogen and oxygen atoms in total. The van der Waals surface area contributed by atoms with Gasteiger partial charge in [0.25, 0.3) is 0 Å². The zero-order chi connectivity index (χ0) is 12.5. The van der Waals surface area contributed by atoms with E-state index in [1.54, 1.807) is 0 Å². The maximum absolute atomic E-state index is 12.0. The van der Waals surface area contributed by atoms with Gasteiger partial charge in [0, 0.05) is 28.3 Å². The Morgan fingerprint density at radius 1 is 1.24 bits per heavy atom. The quantitative estimate of drug-likeness (QED) is 0.772. The Bertz CT molecular complexity index is 320. The summed E-state index contributed by atoms with van der Waals surface area (Å²) in [6.07, 6.45) is 2.24. The molecule has 0 bridgehead atoms. The van der Waals surface area contributed by atoms with Gasteiger partial charge in [-0.15, -0.1) is 0 Å². The Kier molecular flexibility index (Phi) is 7.13. The Balaban J connectivity index is 2.42. The van der Waals surface area contributed by atoms with Crippen LogP contribution in [0.2, 0.25) is 0 Å². The molecule has 1 rings (SSSR count). The van der Waals surface area contributed by atoms with E-state index in [0.717, 1.165) is 30.7 Å². The summed E-state index contributed by atoms with van der Waals surface area (Å²) < 4.78 is 12.0. The van der Waals surface area contributed by atoms with Gasteiger partial charge in [-0.2, -0.15) is 0 Å². The molecule has 1 aromatic carbocycles. The molecule has 0 aromatic heterocycles. The molecule has 0 heterocycles. The second kappa shape index (κ2) is 8.43. The van der Waals surface area contributed by atoms with Gasteiger partial charge >= 0.3 is 0 Å². The van der Waals surface area contributed by atoms with Crippen LogP contribution in [-0.4, -0.2) is 22.5 Å². The van der Waals surface area contributed by atoms with Crippen molar-refractivity contribution >= 4 is 10.8 Å². The lowest BCUT2D eigenvalue weighted by Crippen LogP contribution is -2.34. The van der Waals surface area contributed by atoms with Crippen molar-refractivity contribution in [3.8, 4) is 0 Å². The van der Waals surface area contributed by atoms with Gasteiger partial charge in [0.05, 0.1) is 0 Å². The van der Waals surface area contributed by atoms with Crippen LogP contribution in [-0.2, 0) is 16.6 Å². The number of hydrogen-bond donors (Lipinski definition) is 1. The third-order valence-corrected chi connectivity index (χ3v) is 4.12. The van der Waals surface area contributed by atoms with Gasteiger partial charge in [0.2, 0.25) is 0 Å². The monoisotopic (exact) mass is 253 g/mol. The minimum Gasteiger partial charge on any atom is -0.313 e. The Morgan fingerprint density at radius 2 is 1.94 bits per heavy atom. The summed E-state index contributed by atoms with van der Waals surface area (Å²) in [5.74, 6) is 1.43. The second-order valence-corrected chi connectivity index (χ2v) is 5.78. The molecular formula is C14H23NOS. The lowest BCUT2D eigenvalue weighted by atomic mass is 10.2. The zero-order valence-corrected chi connectivity index (χ0v) is 11.6. The smallest absolute Gasteiger partial charge is 0.0486 e. The molecule has 17 heavy (non-hydrogen) atoms. The number of benzene rings is 1. The van der Waals surface area contributed by atoms with E-state index in [1.807, 2.05) is 30.3 Å². The maximum Gasteiger partial charge on any atom is 0.0486 e. The van der Waals surface area contributed by atoms with E-state index in [2.05, 4.69) is 19.2 Å². The third kappa shape index (κ3) is 5.99. The first-order valence-electron chi connectivity index (χ1n) is 6.38. The predicted octanol–water partition coefficient (Wildman–Crippen LogP) is 2.71. The molecule has 1 aromatic rings. The van der Waals surface area contributed by atoms with Crippen LogP contribution in [0.5, 0.6) is 0 Å². The molecule has 0 aliphatic rings. The van der Waals surface area contributed by atoms with Gasteiger partial charge in [0.1, 0.15) is 0 Å². The fraction of sp³-hybridized carbons (Fsp3) is 0.571. The number of hydrogen-bond acceptors (Lipinski definition) is 2. The molecule has 0 aliphatic heterocycles. The summed E-state index contributed by atoms with van der Waals surface area (Å²) in [6.45, 7) is 5.22. The molecule has 2 atom stereocenters. The normalized spacial score (nSPS) is 14.5. The summed E-state index contributed by atoms with van der Waals surface area (Å²) >= 11 is 0. The van der Waals surface area contributed by atoms with Gasteiger partial charge in [-0.1, -0.05) is 50.6 Å². The molecule has 0 radical (unpaired) electrons. The van der Waals surface area contributed by atoms with Gasteiger partial charge in [-0.3, -0.25) is 4.21 Å².